The molecular formula is C24H40N8O5S. The minimum Gasteiger partial charge on any atom is -0.385 e. The van der Waals surface area contributed by atoms with Crippen LogP contribution in [0.5, 0.6) is 0 Å². The third-order valence-corrected chi connectivity index (χ3v) is 5.49. The number of nitrogens with two attached hydrogens (primary N) is 2. The van der Waals surface area contributed by atoms with Crippen LogP contribution in [0.3, 0.4) is 0 Å². The molecule has 1 aromatic rings. The fourth-order valence-electron chi connectivity index (χ4n) is 3.17. The van der Waals surface area contributed by atoms with Crippen LogP contribution in [0, 0.1) is 16.6 Å². The fourth-order valence-corrected chi connectivity index (χ4v) is 3.43. The number of guanidine groups is 1. The first-order chi connectivity index (χ1) is 18.1. The summed E-state index contributed by atoms with van der Waals surface area (Å²) in [5, 5.41) is 37.8. The summed E-state index contributed by atoms with van der Waals surface area (Å²) in [6, 6.07) is 7.02. The van der Waals surface area contributed by atoms with Crippen molar-refractivity contribution in [3.8, 4) is 11.2 Å². The molecule has 38 heavy (non-hydrogen) atoms. The van der Waals surface area contributed by atoms with E-state index in [-0.39, 0.29) is 18.3 Å². The molecule has 0 aliphatic carbocycles. The molecule has 0 radical (unpaired) electrons. The summed E-state index contributed by atoms with van der Waals surface area (Å²) in [5.74, 6) is 1.41. The standard InChI is InChI=1S/C24H40N8O5S/c25-24(26)31-15-4-2-1-3-7-21(33)32-23(35)22(34)30-17-6-14-28-13-5-16-29-20-10-8-19(9-11-20)12-18-38(27,36)37/h8-11,23,28-29,35H,1-7,13-17H2,(H,30,34)(H,32,33)(H4,25,26,31)(H2,27,36,37). The maximum Gasteiger partial charge on any atom is 0.278 e. The summed E-state index contributed by atoms with van der Waals surface area (Å²) in [4.78, 5) is 23.8. The van der Waals surface area contributed by atoms with Crippen LogP contribution in [-0.2, 0) is 19.6 Å². The lowest BCUT2D eigenvalue weighted by Gasteiger charge is -2.13. The van der Waals surface area contributed by atoms with Gasteiger partial charge in [-0.25, -0.2) is 5.14 Å². The van der Waals surface area contributed by atoms with E-state index in [4.69, 9.17) is 16.3 Å². The first kappa shape index (κ1) is 32.6. The van der Waals surface area contributed by atoms with E-state index in [1.807, 2.05) is 5.25 Å². The second-order valence-electron chi connectivity index (χ2n) is 8.50. The van der Waals surface area contributed by atoms with E-state index in [0.29, 0.717) is 38.0 Å². The van der Waals surface area contributed by atoms with Gasteiger partial charge in [-0.3, -0.25) is 15.0 Å². The lowest BCUT2D eigenvalue weighted by molar-refractivity contribution is -0.136. The van der Waals surface area contributed by atoms with Crippen molar-refractivity contribution < 1.29 is 23.1 Å². The molecule has 1 atom stereocenters. The predicted molar refractivity (Wildman–Crippen MR) is 147 cm³/mol. The van der Waals surface area contributed by atoms with Crippen molar-refractivity contribution >= 4 is 33.5 Å². The van der Waals surface area contributed by atoms with Gasteiger partial charge in [0.15, 0.2) is 5.96 Å². The molecule has 0 fully saturated rings. The molecule has 0 heterocycles. The van der Waals surface area contributed by atoms with Crippen molar-refractivity contribution in [1.82, 2.24) is 21.3 Å². The molecule has 212 valence electrons. The highest BCUT2D eigenvalue weighted by Gasteiger charge is 2.16. The van der Waals surface area contributed by atoms with E-state index >= 15 is 0 Å². The van der Waals surface area contributed by atoms with Crippen LogP contribution in [0.1, 0.15) is 50.5 Å². The Bertz CT molecular complexity index is 1040. The average Bonchev–Trinajstić information content (AvgIpc) is 2.85. The van der Waals surface area contributed by atoms with Crippen molar-refractivity contribution in [2.45, 2.75) is 51.2 Å². The third kappa shape index (κ3) is 18.0. The molecule has 13 nitrogen and oxygen atoms in total. The Balaban J connectivity index is 2.02. The van der Waals surface area contributed by atoms with E-state index in [9.17, 15) is 23.1 Å². The van der Waals surface area contributed by atoms with Crippen molar-refractivity contribution in [2.24, 2.45) is 10.9 Å². The third-order valence-electron chi connectivity index (χ3n) is 5.10. The Labute approximate surface area is 224 Å². The van der Waals surface area contributed by atoms with Crippen LogP contribution in [-0.4, -0.2) is 70.2 Å². The number of hydrogen-bond donors (Lipinski definition) is 9. The highest BCUT2D eigenvalue weighted by atomic mass is 32.2. The number of carbonyl (C=O) groups excluding carboxylic acids is 2. The van der Waals surface area contributed by atoms with Gasteiger partial charge in [-0.1, -0.05) is 12.8 Å². The lowest BCUT2D eigenvalue weighted by atomic mass is 10.1. The van der Waals surface area contributed by atoms with Gasteiger partial charge in [0.05, 0.1) is 0 Å². The molecule has 0 aliphatic rings. The van der Waals surface area contributed by atoms with Crippen LogP contribution >= 0.6 is 0 Å². The smallest absolute Gasteiger partial charge is 0.278 e. The van der Waals surface area contributed by atoms with Gasteiger partial charge < -0.3 is 37.4 Å². The van der Waals surface area contributed by atoms with Gasteiger partial charge in [-0.2, -0.15) is 8.42 Å². The number of anilines is 1. The highest BCUT2D eigenvalue weighted by molar-refractivity contribution is 7.93. The molecule has 0 saturated carbocycles. The Hall–Kier alpha value is -3.38. The normalized spacial score (nSPS) is 11.5. The summed E-state index contributed by atoms with van der Waals surface area (Å²) in [6.07, 6.45) is 3.38. The summed E-state index contributed by atoms with van der Waals surface area (Å²) in [5.41, 5.74) is 6.63. The number of sulfonamides is 1. The van der Waals surface area contributed by atoms with E-state index < -0.39 is 22.2 Å². The Morgan fingerprint density at radius 2 is 1.55 bits per heavy atom. The highest BCUT2D eigenvalue weighted by Crippen LogP contribution is 2.08. The number of nitrogens with one attached hydrogen (secondary N) is 6. The van der Waals surface area contributed by atoms with Crippen LogP contribution < -0.4 is 37.5 Å². The molecular weight excluding hydrogens is 512 g/mol. The van der Waals surface area contributed by atoms with Crippen molar-refractivity contribution in [3.05, 3.63) is 29.8 Å². The van der Waals surface area contributed by atoms with Crippen LogP contribution in [0.2, 0.25) is 0 Å². The van der Waals surface area contributed by atoms with Gasteiger partial charge in [0, 0.05) is 42.6 Å². The number of primary sulfonamides is 1. The largest absolute Gasteiger partial charge is 0.385 e. The van der Waals surface area contributed by atoms with E-state index in [2.05, 4.69) is 32.5 Å². The zero-order valence-electron chi connectivity index (χ0n) is 21.5. The number of carbonyl (C=O) groups is 2. The first-order valence-corrected chi connectivity index (χ1v) is 14.0. The number of rotatable bonds is 18. The van der Waals surface area contributed by atoms with Crippen LogP contribution in [0.4, 0.5) is 5.69 Å². The molecule has 0 saturated heterocycles. The average molecular weight is 553 g/mol. The van der Waals surface area contributed by atoms with Gasteiger partial charge in [-0.15, -0.1) is 0 Å². The van der Waals surface area contributed by atoms with Crippen molar-refractivity contribution in [3.63, 3.8) is 0 Å². The van der Waals surface area contributed by atoms with Crippen molar-refractivity contribution in [2.75, 3.05) is 38.0 Å². The minimum absolute atomic E-state index is 0.0580. The number of aliphatic hydroxyl groups excluding tert-OH is 1. The molecule has 11 N–H and O–H groups in total. The van der Waals surface area contributed by atoms with Crippen LogP contribution in [0.15, 0.2) is 24.3 Å². The first-order valence-electron chi connectivity index (χ1n) is 12.5. The molecule has 1 aromatic carbocycles. The van der Waals surface area contributed by atoms with Gasteiger partial charge in [0.25, 0.3) is 15.9 Å². The van der Waals surface area contributed by atoms with Crippen molar-refractivity contribution in [1.29, 1.82) is 5.41 Å². The molecule has 14 heteroatoms. The molecule has 0 spiro atoms. The number of hydrogen-bond acceptors (Lipinski definition) is 8. The van der Waals surface area contributed by atoms with E-state index in [1.165, 1.54) is 0 Å². The summed E-state index contributed by atoms with van der Waals surface area (Å²) >= 11 is 0. The molecule has 1 rings (SSSR count). The summed E-state index contributed by atoms with van der Waals surface area (Å²) in [6.45, 7) is 3.17. The zero-order chi connectivity index (χ0) is 28.2. The summed E-state index contributed by atoms with van der Waals surface area (Å²) in [7, 11) is -3.82. The number of benzene rings is 1. The Kier molecular flexibility index (Phi) is 16.2. The SMILES string of the molecule is N=C(N)NCCCCCCC(=O)NC(O)C(=O)NCCCNCCCNc1ccc(C#CS(N)(=O)=O)cc1. The minimum atomic E-state index is -3.82. The van der Waals surface area contributed by atoms with Gasteiger partial charge in [0.2, 0.25) is 12.1 Å². The number of aliphatic hydroxyl groups is 1. The molecule has 0 bridgehead atoms. The van der Waals surface area contributed by atoms with Gasteiger partial charge >= 0.3 is 0 Å². The fraction of sp³-hybridized carbons (Fsp3) is 0.542. The maximum absolute atomic E-state index is 11.9. The zero-order valence-corrected chi connectivity index (χ0v) is 22.3. The van der Waals surface area contributed by atoms with E-state index in [1.54, 1.807) is 24.3 Å². The molecule has 2 amide bonds. The predicted octanol–water partition coefficient (Wildman–Crippen LogP) is -0.950. The number of unbranched alkanes of at least 4 members (excludes halogenated alkanes) is 3. The topological polar surface area (TPSA) is 225 Å². The second-order valence-corrected chi connectivity index (χ2v) is 9.79. The quantitative estimate of drug-likeness (QED) is 0.0359. The van der Waals surface area contributed by atoms with Gasteiger partial charge in [0.1, 0.15) is 0 Å². The number of amides is 2. The maximum atomic E-state index is 11.9. The van der Waals surface area contributed by atoms with Crippen LogP contribution in [0.25, 0.3) is 0 Å². The summed E-state index contributed by atoms with van der Waals surface area (Å²) < 4.78 is 21.7. The second kappa shape index (κ2) is 18.8. The monoisotopic (exact) mass is 552 g/mol. The van der Waals surface area contributed by atoms with Gasteiger partial charge in [-0.05, 0) is 69.0 Å². The Morgan fingerprint density at radius 1 is 0.921 bits per heavy atom. The molecule has 0 aliphatic heterocycles. The lowest BCUT2D eigenvalue weighted by Crippen LogP contribution is -2.47. The molecule has 1 unspecified atom stereocenters. The van der Waals surface area contributed by atoms with E-state index in [0.717, 1.165) is 44.5 Å². The molecule has 0 aromatic heterocycles. The Morgan fingerprint density at radius 3 is 2.21 bits per heavy atom.